The van der Waals surface area contributed by atoms with Gasteiger partial charge in [0, 0.05) is 11.4 Å². The summed E-state index contributed by atoms with van der Waals surface area (Å²) in [5.74, 6) is -0.0139. The second kappa shape index (κ2) is 9.50. The molecule has 6 heteroatoms. The van der Waals surface area contributed by atoms with E-state index >= 15 is 0 Å². The number of carbonyl (C=O) groups is 2. The molecule has 0 spiro atoms. The Kier molecular flexibility index (Phi) is 7.05. The quantitative estimate of drug-likeness (QED) is 0.771. The van der Waals surface area contributed by atoms with Crippen LogP contribution in [0.2, 0.25) is 0 Å². The van der Waals surface area contributed by atoms with Gasteiger partial charge >= 0.3 is 5.97 Å². The summed E-state index contributed by atoms with van der Waals surface area (Å²) >= 11 is 1.40. The van der Waals surface area contributed by atoms with E-state index in [0.29, 0.717) is 17.0 Å². The van der Waals surface area contributed by atoms with Crippen LogP contribution in [-0.4, -0.2) is 23.7 Å². The predicted molar refractivity (Wildman–Crippen MR) is 97.9 cm³/mol. The number of anilines is 1. The molecule has 0 aromatic heterocycles. The Bertz CT molecular complexity index is 754. The summed E-state index contributed by atoms with van der Waals surface area (Å²) in [4.78, 5) is 23.8. The van der Waals surface area contributed by atoms with E-state index in [4.69, 9.17) is 10.00 Å². The number of nitrogens with one attached hydrogen (secondary N) is 1. The van der Waals surface area contributed by atoms with E-state index in [2.05, 4.69) is 11.4 Å². The van der Waals surface area contributed by atoms with Gasteiger partial charge in [-0.1, -0.05) is 30.3 Å². The number of amides is 1. The van der Waals surface area contributed by atoms with E-state index in [1.165, 1.54) is 11.8 Å². The Labute approximate surface area is 151 Å². The number of nitriles is 1. The van der Waals surface area contributed by atoms with E-state index in [9.17, 15) is 9.59 Å². The third-order valence-electron chi connectivity index (χ3n) is 3.29. The zero-order valence-electron chi connectivity index (χ0n) is 13.8. The van der Waals surface area contributed by atoms with E-state index < -0.39 is 12.1 Å². The first kappa shape index (κ1) is 18.6. The van der Waals surface area contributed by atoms with Crippen molar-refractivity contribution in [2.24, 2.45) is 0 Å². The second-order valence-corrected chi connectivity index (χ2v) is 6.27. The molecule has 1 N–H and O–H groups in total. The highest BCUT2D eigenvalue weighted by atomic mass is 32.2. The molecule has 0 bridgehead atoms. The number of rotatable bonds is 7. The zero-order valence-corrected chi connectivity index (χ0v) is 14.6. The van der Waals surface area contributed by atoms with Crippen LogP contribution in [0.15, 0.2) is 54.6 Å². The third kappa shape index (κ3) is 6.32. The van der Waals surface area contributed by atoms with Gasteiger partial charge in [-0.3, -0.25) is 9.59 Å². The van der Waals surface area contributed by atoms with Crippen LogP contribution >= 0.6 is 11.8 Å². The maximum Gasteiger partial charge on any atom is 0.316 e. The van der Waals surface area contributed by atoms with E-state index in [0.717, 1.165) is 5.56 Å². The molecule has 0 fully saturated rings. The van der Waals surface area contributed by atoms with Crippen LogP contribution in [0.3, 0.4) is 0 Å². The summed E-state index contributed by atoms with van der Waals surface area (Å²) in [6, 6.07) is 18.2. The molecule has 2 rings (SSSR count). The lowest BCUT2D eigenvalue weighted by Gasteiger charge is -2.13. The molecule has 0 saturated carbocycles. The molecule has 0 aliphatic rings. The average molecular weight is 354 g/mol. The summed E-state index contributed by atoms with van der Waals surface area (Å²) in [6.07, 6.45) is -0.858. The maximum absolute atomic E-state index is 12.0. The summed E-state index contributed by atoms with van der Waals surface area (Å²) in [5.41, 5.74) is 2.28. The van der Waals surface area contributed by atoms with Gasteiger partial charge in [-0.2, -0.15) is 5.26 Å². The van der Waals surface area contributed by atoms with Crippen molar-refractivity contribution in [2.45, 2.75) is 18.8 Å². The normalized spacial score (nSPS) is 11.2. The Morgan fingerprint density at radius 2 is 1.84 bits per heavy atom. The lowest BCUT2D eigenvalue weighted by Crippen LogP contribution is -2.30. The monoisotopic (exact) mass is 354 g/mol. The summed E-state index contributed by atoms with van der Waals surface area (Å²) < 4.78 is 5.14. The number of hydrogen-bond acceptors (Lipinski definition) is 5. The molecule has 1 atom stereocenters. The highest BCUT2D eigenvalue weighted by Crippen LogP contribution is 2.14. The van der Waals surface area contributed by atoms with Crippen LogP contribution in [-0.2, 0) is 20.1 Å². The minimum Gasteiger partial charge on any atom is -0.452 e. The fraction of sp³-hybridized carbons (Fsp3) is 0.211. The van der Waals surface area contributed by atoms with Crippen LogP contribution < -0.4 is 5.32 Å². The van der Waals surface area contributed by atoms with Crippen LogP contribution in [0.5, 0.6) is 0 Å². The Morgan fingerprint density at radius 1 is 1.16 bits per heavy atom. The second-order valence-electron chi connectivity index (χ2n) is 5.29. The Balaban J connectivity index is 1.71. The van der Waals surface area contributed by atoms with E-state index in [-0.39, 0.29) is 11.7 Å². The maximum atomic E-state index is 12.0. The molecule has 0 radical (unpaired) electrons. The van der Waals surface area contributed by atoms with Gasteiger partial charge in [0.1, 0.15) is 0 Å². The predicted octanol–water partition coefficient (Wildman–Crippen LogP) is 3.36. The van der Waals surface area contributed by atoms with Gasteiger partial charge in [-0.15, -0.1) is 11.8 Å². The first-order chi connectivity index (χ1) is 12.1. The van der Waals surface area contributed by atoms with Gasteiger partial charge in [0.15, 0.2) is 6.10 Å². The van der Waals surface area contributed by atoms with Crippen molar-refractivity contribution >= 4 is 29.3 Å². The molecule has 128 valence electrons. The fourth-order valence-corrected chi connectivity index (χ4v) is 2.74. The Hall–Kier alpha value is -2.78. The number of carbonyl (C=O) groups excluding carboxylic acids is 2. The Morgan fingerprint density at radius 3 is 2.48 bits per heavy atom. The van der Waals surface area contributed by atoms with Gasteiger partial charge in [-0.05, 0) is 36.8 Å². The zero-order chi connectivity index (χ0) is 18.1. The molecule has 2 aromatic carbocycles. The molecular formula is C19H18N2O3S. The van der Waals surface area contributed by atoms with Crippen molar-refractivity contribution < 1.29 is 14.3 Å². The molecule has 0 saturated heterocycles. The summed E-state index contributed by atoms with van der Waals surface area (Å²) in [6.45, 7) is 1.54. The molecule has 0 heterocycles. The molecule has 0 aliphatic heterocycles. The van der Waals surface area contributed by atoms with Crippen LogP contribution in [0.25, 0.3) is 0 Å². The summed E-state index contributed by atoms with van der Waals surface area (Å²) in [7, 11) is 0. The molecule has 1 unspecified atom stereocenters. The molecule has 2 aromatic rings. The van der Waals surface area contributed by atoms with Crippen molar-refractivity contribution in [1.82, 2.24) is 0 Å². The molecule has 5 nitrogen and oxygen atoms in total. The highest BCUT2D eigenvalue weighted by molar-refractivity contribution is 7.99. The topological polar surface area (TPSA) is 79.2 Å². The molecule has 25 heavy (non-hydrogen) atoms. The summed E-state index contributed by atoms with van der Waals surface area (Å²) in [5, 5.41) is 11.4. The number of ether oxygens (including phenoxy) is 1. The van der Waals surface area contributed by atoms with Crippen LogP contribution in [0.1, 0.15) is 18.1 Å². The van der Waals surface area contributed by atoms with Gasteiger partial charge in [0.25, 0.3) is 5.91 Å². The van der Waals surface area contributed by atoms with Crippen molar-refractivity contribution in [3.63, 3.8) is 0 Å². The molecule has 1 amide bonds. The first-order valence-corrected chi connectivity index (χ1v) is 8.86. The molecule has 0 aliphatic carbocycles. The SMILES string of the molecule is CC(OC(=O)CSCc1ccc(C#N)cc1)C(=O)Nc1ccccc1. The third-order valence-corrected chi connectivity index (χ3v) is 4.27. The number of benzene rings is 2. The van der Waals surface area contributed by atoms with Gasteiger partial charge in [-0.25, -0.2) is 0 Å². The smallest absolute Gasteiger partial charge is 0.316 e. The lowest BCUT2D eigenvalue weighted by atomic mass is 10.2. The van der Waals surface area contributed by atoms with Crippen LogP contribution in [0.4, 0.5) is 5.69 Å². The van der Waals surface area contributed by atoms with E-state index in [1.807, 2.05) is 30.3 Å². The average Bonchev–Trinajstić information content (AvgIpc) is 2.63. The first-order valence-electron chi connectivity index (χ1n) is 7.70. The standard InChI is InChI=1S/C19H18N2O3S/c1-14(19(23)21-17-5-3-2-4-6-17)24-18(22)13-25-12-16-9-7-15(11-20)8-10-16/h2-10,14H,12-13H2,1H3,(H,21,23). The largest absolute Gasteiger partial charge is 0.452 e. The number of para-hydroxylation sites is 1. The molecular weight excluding hydrogens is 336 g/mol. The van der Waals surface area contributed by atoms with Gasteiger partial charge < -0.3 is 10.1 Å². The van der Waals surface area contributed by atoms with Crippen molar-refractivity contribution in [1.29, 1.82) is 5.26 Å². The van der Waals surface area contributed by atoms with Crippen molar-refractivity contribution in [3.8, 4) is 6.07 Å². The number of hydrogen-bond donors (Lipinski definition) is 1. The highest BCUT2D eigenvalue weighted by Gasteiger charge is 2.17. The van der Waals surface area contributed by atoms with E-state index in [1.54, 1.807) is 31.2 Å². The number of nitrogens with zero attached hydrogens (tertiary/aromatic N) is 1. The number of thioether (sulfide) groups is 1. The fourth-order valence-electron chi connectivity index (χ4n) is 1.98. The minimum absolute atomic E-state index is 0.156. The van der Waals surface area contributed by atoms with Gasteiger partial charge in [0.2, 0.25) is 0 Å². The lowest BCUT2D eigenvalue weighted by molar-refractivity contribution is -0.150. The van der Waals surface area contributed by atoms with Crippen LogP contribution in [0, 0.1) is 11.3 Å². The number of esters is 1. The van der Waals surface area contributed by atoms with Crippen molar-refractivity contribution in [2.75, 3.05) is 11.1 Å². The minimum atomic E-state index is -0.858. The van der Waals surface area contributed by atoms with Crippen molar-refractivity contribution in [3.05, 3.63) is 65.7 Å². The van der Waals surface area contributed by atoms with Gasteiger partial charge in [0.05, 0.1) is 17.4 Å².